The van der Waals surface area contributed by atoms with Crippen LogP contribution in [0, 0.1) is 5.92 Å². The number of nitrogens with one attached hydrogen (secondary N) is 1. The molecule has 1 aromatic carbocycles. The molecule has 8 nitrogen and oxygen atoms in total. The molecule has 2 fully saturated rings. The summed E-state index contributed by atoms with van der Waals surface area (Å²) in [5.74, 6) is 1.16. The van der Waals surface area contributed by atoms with Gasteiger partial charge in [0.1, 0.15) is 11.5 Å². The summed E-state index contributed by atoms with van der Waals surface area (Å²) in [7, 11) is 3.08. The maximum Gasteiger partial charge on any atom is 0.251 e. The van der Waals surface area contributed by atoms with Crippen LogP contribution in [-0.2, 0) is 9.59 Å². The predicted molar refractivity (Wildman–Crippen MR) is 107 cm³/mol. The van der Waals surface area contributed by atoms with Gasteiger partial charge in [-0.15, -0.1) is 0 Å². The van der Waals surface area contributed by atoms with E-state index in [2.05, 4.69) is 5.32 Å². The molecule has 2 aliphatic rings. The van der Waals surface area contributed by atoms with E-state index in [9.17, 15) is 14.4 Å². The summed E-state index contributed by atoms with van der Waals surface area (Å²) < 4.78 is 10.4. The Hall–Kier alpha value is -2.77. The Kier molecular flexibility index (Phi) is 6.95. The zero-order valence-electron chi connectivity index (χ0n) is 17.1. The summed E-state index contributed by atoms with van der Waals surface area (Å²) >= 11 is 0. The van der Waals surface area contributed by atoms with Crippen LogP contribution >= 0.6 is 0 Å². The minimum Gasteiger partial charge on any atom is -0.497 e. The van der Waals surface area contributed by atoms with Gasteiger partial charge in [0.05, 0.1) is 20.8 Å². The van der Waals surface area contributed by atoms with Crippen LogP contribution in [-0.4, -0.2) is 74.5 Å². The molecule has 1 unspecified atom stereocenters. The summed E-state index contributed by atoms with van der Waals surface area (Å²) in [4.78, 5) is 40.3. The largest absolute Gasteiger partial charge is 0.497 e. The third-order valence-electron chi connectivity index (χ3n) is 5.53. The van der Waals surface area contributed by atoms with Crippen molar-refractivity contribution in [1.29, 1.82) is 0 Å². The van der Waals surface area contributed by atoms with Gasteiger partial charge >= 0.3 is 0 Å². The second kappa shape index (κ2) is 9.62. The summed E-state index contributed by atoms with van der Waals surface area (Å²) in [5, 5.41) is 2.96. The van der Waals surface area contributed by atoms with E-state index in [0.29, 0.717) is 49.7 Å². The van der Waals surface area contributed by atoms with Crippen LogP contribution in [0.15, 0.2) is 18.2 Å². The normalized spacial score (nSPS) is 19.2. The lowest BCUT2D eigenvalue weighted by molar-refractivity contribution is -0.139. The highest BCUT2D eigenvalue weighted by atomic mass is 16.5. The number of carbonyl (C=O) groups excluding carboxylic acids is 3. The molecule has 3 rings (SSSR count). The van der Waals surface area contributed by atoms with E-state index in [1.54, 1.807) is 37.3 Å². The van der Waals surface area contributed by atoms with E-state index < -0.39 is 0 Å². The van der Waals surface area contributed by atoms with Crippen LogP contribution in [0.2, 0.25) is 0 Å². The number of hydrogen-bond acceptors (Lipinski definition) is 5. The quantitative estimate of drug-likeness (QED) is 0.741. The van der Waals surface area contributed by atoms with Gasteiger partial charge < -0.3 is 24.6 Å². The van der Waals surface area contributed by atoms with E-state index >= 15 is 0 Å². The van der Waals surface area contributed by atoms with Crippen molar-refractivity contribution in [1.82, 2.24) is 15.1 Å². The smallest absolute Gasteiger partial charge is 0.251 e. The Balaban J connectivity index is 1.52. The van der Waals surface area contributed by atoms with E-state index in [1.165, 1.54) is 0 Å². The number of methoxy groups -OCH3 is 2. The highest BCUT2D eigenvalue weighted by Gasteiger charge is 2.28. The summed E-state index contributed by atoms with van der Waals surface area (Å²) in [6.45, 7) is 2.63. The Labute approximate surface area is 171 Å². The van der Waals surface area contributed by atoms with E-state index in [1.807, 2.05) is 4.90 Å². The van der Waals surface area contributed by atoms with Crippen molar-refractivity contribution in [3.63, 3.8) is 0 Å². The number of piperidine rings is 1. The van der Waals surface area contributed by atoms with Crippen LogP contribution in [0.3, 0.4) is 0 Å². The SMILES string of the molecule is COc1cc(OC)cc(C(=O)NCC2CCCN(C(=O)CN3CCCC3=O)C2)c1. The van der Waals surface area contributed by atoms with Gasteiger partial charge in [0.15, 0.2) is 0 Å². The van der Waals surface area contributed by atoms with Crippen molar-refractivity contribution < 1.29 is 23.9 Å². The molecule has 0 radical (unpaired) electrons. The minimum absolute atomic E-state index is 0.00573. The first-order valence-electron chi connectivity index (χ1n) is 10.1. The third-order valence-corrected chi connectivity index (χ3v) is 5.53. The molecule has 2 aliphatic heterocycles. The van der Waals surface area contributed by atoms with Gasteiger partial charge in [-0.3, -0.25) is 14.4 Å². The molecule has 0 saturated carbocycles. The molecule has 29 heavy (non-hydrogen) atoms. The highest BCUT2D eigenvalue weighted by molar-refractivity contribution is 5.95. The summed E-state index contributed by atoms with van der Waals surface area (Å²) in [6, 6.07) is 5.05. The number of amides is 3. The molecular formula is C21H29N3O5. The Bertz CT molecular complexity index is 744. The molecular weight excluding hydrogens is 374 g/mol. The first kappa shape index (κ1) is 21.0. The number of nitrogens with zero attached hydrogens (tertiary/aromatic N) is 2. The van der Waals surface area contributed by atoms with Crippen molar-refractivity contribution in [2.45, 2.75) is 25.7 Å². The van der Waals surface area contributed by atoms with Crippen molar-refractivity contribution in [3.8, 4) is 11.5 Å². The fraction of sp³-hybridized carbons (Fsp3) is 0.571. The zero-order chi connectivity index (χ0) is 20.8. The lowest BCUT2D eigenvalue weighted by Crippen LogP contribution is -2.47. The fourth-order valence-electron chi connectivity index (χ4n) is 3.87. The lowest BCUT2D eigenvalue weighted by Gasteiger charge is -2.34. The number of benzene rings is 1. The fourth-order valence-corrected chi connectivity index (χ4v) is 3.87. The van der Waals surface area contributed by atoms with Gasteiger partial charge in [-0.1, -0.05) is 0 Å². The zero-order valence-corrected chi connectivity index (χ0v) is 17.1. The van der Waals surface area contributed by atoms with Crippen LogP contribution in [0.5, 0.6) is 11.5 Å². The molecule has 0 aromatic heterocycles. The number of ether oxygens (including phenoxy) is 2. The van der Waals surface area contributed by atoms with Gasteiger partial charge in [-0.05, 0) is 37.3 Å². The number of rotatable bonds is 7. The van der Waals surface area contributed by atoms with Crippen molar-refractivity contribution in [2.75, 3.05) is 46.9 Å². The van der Waals surface area contributed by atoms with Gasteiger partial charge in [0.2, 0.25) is 11.8 Å². The molecule has 1 atom stereocenters. The van der Waals surface area contributed by atoms with Crippen molar-refractivity contribution in [3.05, 3.63) is 23.8 Å². The van der Waals surface area contributed by atoms with Crippen LogP contribution < -0.4 is 14.8 Å². The average molecular weight is 403 g/mol. The third kappa shape index (κ3) is 5.40. The van der Waals surface area contributed by atoms with Gasteiger partial charge in [-0.2, -0.15) is 0 Å². The molecule has 2 heterocycles. The maximum absolute atomic E-state index is 12.6. The minimum atomic E-state index is -0.201. The maximum atomic E-state index is 12.6. The molecule has 0 aliphatic carbocycles. The second-order valence-corrected chi connectivity index (χ2v) is 7.58. The van der Waals surface area contributed by atoms with E-state index in [-0.39, 0.29) is 30.2 Å². The number of hydrogen-bond donors (Lipinski definition) is 1. The molecule has 2 saturated heterocycles. The first-order valence-corrected chi connectivity index (χ1v) is 10.1. The van der Waals surface area contributed by atoms with Crippen molar-refractivity contribution >= 4 is 17.7 Å². The van der Waals surface area contributed by atoms with Gasteiger partial charge in [-0.25, -0.2) is 0 Å². The number of carbonyl (C=O) groups is 3. The molecule has 0 spiro atoms. The van der Waals surface area contributed by atoms with E-state index in [4.69, 9.17) is 9.47 Å². The van der Waals surface area contributed by atoms with Crippen LogP contribution in [0.4, 0.5) is 0 Å². The molecule has 8 heteroatoms. The highest BCUT2D eigenvalue weighted by Crippen LogP contribution is 2.23. The molecule has 158 valence electrons. The average Bonchev–Trinajstić information content (AvgIpc) is 3.15. The molecule has 0 bridgehead atoms. The van der Waals surface area contributed by atoms with E-state index in [0.717, 1.165) is 19.3 Å². The number of likely N-dealkylation sites (tertiary alicyclic amines) is 2. The summed E-state index contributed by atoms with van der Waals surface area (Å²) in [6.07, 6.45) is 3.22. The molecule has 1 N–H and O–H groups in total. The predicted octanol–water partition coefficient (Wildman–Crippen LogP) is 1.29. The Morgan fingerprint density at radius 2 is 1.83 bits per heavy atom. The first-order chi connectivity index (χ1) is 14.0. The van der Waals surface area contributed by atoms with Crippen LogP contribution in [0.1, 0.15) is 36.0 Å². The Morgan fingerprint density at radius 1 is 1.10 bits per heavy atom. The Morgan fingerprint density at radius 3 is 2.45 bits per heavy atom. The monoisotopic (exact) mass is 403 g/mol. The lowest BCUT2D eigenvalue weighted by atomic mass is 9.97. The van der Waals surface area contributed by atoms with Crippen LogP contribution in [0.25, 0.3) is 0 Å². The van der Waals surface area contributed by atoms with Gasteiger partial charge in [0, 0.05) is 44.2 Å². The standard InChI is InChI=1S/C21H29N3O5/c1-28-17-9-16(10-18(11-17)29-2)21(27)22-12-15-5-3-7-23(13-15)20(26)14-24-8-4-6-19(24)25/h9-11,15H,3-8,12-14H2,1-2H3,(H,22,27). The topological polar surface area (TPSA) is 88.2 Å². The van der Waals surface area contributed by atoms with Gasteiger partial charge in [0.25, 0.3) is 5.91 Å². The van der Waals surface area contributed by atoms with Crippen molar-refractivity contribution in [2.24, 2.45) is 5.92 Å². The molecule has 3 amide bonds. The molecule has 1 aromatic rings. The summed E-state index contributed by atoms with van der Waals surface area (Å²) in [5.41, 5.74) is 0.470. The second-order valence-electron chi connectivity index (χ2n) is 7.58.